The van der Waals surface area contributed by atoms with E-state index in [1.165, 1.54) is 0 Å². The van der Waals surface area contributed by atoms with Crippen LogP contribution in [0.5, 0.6) is 0 Å². The Labute approximate surface area is 157 Å². The van der Waals surface area contributed by atoms with Crippen molar-refractivity contribution in [3.8, 4) is 0 Å². The zero-order chi connectivity index (χ0) is 18.8. The van der Waals surface area contributed by atoms with Gasteiger partial charge in [-0.15, -0.1) is 0 Å². The molecule has 27 heavy (non-hydrogen) atoms. The number of carbonyl (C=O) groups excluding carboxylic acids is 2. The minimum Gasteiger partial charge on any atom is -0.347 e. The second-order valence-electron chi connectivity index (χ2n) is 8.18. The first kappa shape index (κ1) is 16.5. The van der Waals surface area contributed by atoms with E-state index in [0.29, 0.717) is 43.6 Å². The Kier molecular flexibility index (Phi) is 3.47. The summed E-state index contributed by atoms with van der Waals surface area (Å²) in [5.41, 5.74) is 0.199. The molecular formula is C19H23N5O3. The first-order valence-electron chi connectivity index (χ1n) is 9.48. The number of fused-ring (bicyclic) bond motifs is 1. The van der Waals surface area contributed by atoms with Crippen molar-refractivity contribution in [1.29, 1.82) is 0 Å². The molecule has 2 aromatic heterocycles. The molecule has 2 aliphatic heterocycles. The third kappa shape index (κ3) is 2.49. The van der Waals surface area contributed by atoms with Crippen LogP contribution in [0.25, 0.3) is 0 Å². The summed E-state index contributed by atoms with van der Waals surface area (Å²) in [6, 6.07) is 3.71. The van der Waals surface area contributed by atoms with Crippen LogP contribution in [0.2, 0.25) is 0 Å². The van der Waals surface area contributed by atoms with Crippen molar-refractivity contribution in [3.05, 3.63) is 35.7 Å². The van der Waals surface area contributed by atoms with E-state index in [0.717, 1.165) is 12.8 Å². The summed E-state index contributed by atoms with van der Waals surface area (Å²) in [5.74, 6) is 1.68. The van der Waals surface area contributed by atoms with Gasteiger partial charge in [-0.3, -0.25) is 9.59 Å². The molecule has 142 valence electrons. The second kappa shape index (κ2) is 5.68. The van der Waals surface area contributed by atoms with Gasteiger partial charge in [0, 0.05) is 51.3 Å². The highest BCUT2D eigenvalue weighted by atomic mass is 16.5. The number of nitrogens with zero attached hydrogens (tertiary/aromatic N) is 5. The van der Waals surface area contributed by atoms with E-state index in [1.807, 2.05) is 39.7 Å². The lowest BCUT2D eigenvalue weighted by Crippen LogP contribution is -2.42. The van der Waals surface area contributed by atoms with Gasteiger partial charge < -0.3 is 18.9 Å². The van der Waals surface area contributed by atoms with Crippen molar-refractivity contribution in [2.75, 3.05) is 26.2 Å². The van der Waals surface area contributed by atoms with Crippen LogP contribution in [0.4, 0.5) is 0 Å². The maximum absolute atomic E-state index is 13.0. The number of likely N-dealkylation sites (tertiary alicyclic amines) is 2. The van der Waals surface area contributed by atoms with E-state index >= 15 is 0 Å². The first-order valence-corrected chi connectivity index (χ1v) is 9.48. The van der Waals surface area contributed by atoms with Gasteiger partial charge in [-0.2, -0.15) is 4.98 Å². The van der Waals surface area contributed by atoms with Crippen molar-refractivity contribution in [2.24, 2.45) is 18.9 Å². The Morgan fingerprint density at radius 3 is 2.59 bits per heavy atom. The first-order chi connectivity index (χ1) is 13.0. The van der Waals surface area contributed by atoms with Crippen molar-refractivity contribution in [3.63, 3.8) is 0 Å². The third-order valence-corrected chi connectivity index (χ3v) is 6.25. The molecule has 0 radical (unpaired) electrons. The molecule has 0 aromatic carbocycles. The summed E-state index contributed by atoms with van der Waals surface area (Å²) in [6.45, 7) is 4.08. The second-order valence-corrected chi connectivity index (χ2v) is 8.18. The Balaban J connectivity index is 1.46. The molecule has 3 fully saturated rings. The number of rotatable bonds is 3. The SMILES string of the molecule is Cc1noc([C@]23CN(C(=O)c4cccn4C)C[C@H]2CN(C(=O)C2CC2)C3)n1. The Morgan fingerprint density at radius 1 is 1.22 bits per heavy atom. The van der Waals surface area contributed by atoms with Crippen molar-refractivity contribution >= 4 is 11.8 Å². The lowest BCUT2D eigenvalue weighted by atomic mass is 9.81. The maximum Gasteiger partial charge on any atom is 0.270 e. The Morgan fingerprint density at radius 2 is 1.96 bits per heavy atom. The lowest BCUT2D eigenvalue weighted by molar-refractivity contribution is -0.131. The summed E-state index contributed by atoms with van der Waals surface area (Å²) in [4.78, 5) is 34.0. The average molecular weight is 369 g/mol. The number of amides is 2. The molecule has 1 aliphatic carbocycles. The van der Waals surface area contributed by atoms with Crippen LogP contribution in [0, 0.1) is 18.8 Å². The monoisotopic (exact) mass is 369 g/mol. The molecule has 8 nitrogen and oxygen atoms in total. The van der Waals surface area contributed by atoms with E-state index in [1.54, 1.807) is 6.92 Å². The van der Waals surface area contributed by atoms with Gasteiger partial charge in [0.25, 0.3) is 5.91 Å². The Bertz CT molecular complexity index is 914. The third-order valence-electron chi connectivity index (χ3n) is 6.25. The molecule has 1 saturated carbocycles. The molecule has 5 rings (SSSR count). The van der Waals surface area contributed by atoms with Crippen molar-refractivity contribution in [2.45, 2.75) is 25.2 Å². The normalized spacial score (nSPS) is 27.3. The number of hydrogen-bond acceptors (Lipinski definition) is 5. The number of aromatic nitrogens is 3. The molecule has 0 bridgehead atoms. The van der Waals surface area contributed by atoms with Crippen LogP contribution in [0.1, 0.15) is 35.0 Å². The van der Waals surface area contributed by atoms with Gasteiger partial charge in [0.15, 0.2) is 5.82 Å². The number of aryl methyl sites for hydroxylation is 2. The lowest BCUT2D eigenvalue weighted by Gasteiger charge is -2.26. The molecule has 2 saturated heterocycles. The fourth-order valence-corrected chi connectivity index (χ4v) is 4.62. The zero-order valence-electron chi connectivity index (χ0n) is 15.6. The van der Waals surface area contributed by atoms with Crippen molar-refractivity contribution < 1.29 is 14.1 Å². The van der Waals surface area contributed by atoms with Crippen LogP contribution in [0.15, 0.2) is 22.9 Å². The van der Waals surface area contributed by atoms with E-state index in [9.17, 15) is 9.59 Å². The fourth-order valence-electron chi connectivity index (χ4n) is 4.62. The predicted molar refractivity (Wildman–Crippen MR) is 94.8 cm³/mol. The van der Waals surface area contributed by atoms with Crippen LogP contribution < -0.4 is 0 Å². The highest BCUT2D eigenvalue weighted by Gasteiger charge is 2.59. The number of carbonyl (C=O) groups is 2. The molecule has 0 unspecified atom stereocenters. The van der Waals surface area contributed by atoms with Gasteiger partial charge in [-0.25, -0.2) is 0 Å². The molecule has 2 atom stereocenters. The minimum absolute atomic E-state index is 0.00702. The quantitative estimate of drug-likeness (QED) is 0.805. The highest BCUT2D eigenvalue weighted by Crippen LogP contribution is 2.46. The van der Waals surface area contributed by atoms with Crippen LogP contribution in [-0.4, -0.2) is 62.5 Å². The maximum atomic E-state index is 13.0. The van der Waals surface area contributed by atoms with E-state index in [4.69, 9.17) is 4.52 Å². The van der Waals surface area contributed by atoms with Gasteiger partial charge in [0.05, 0.1) is 5.41 Å². The standard InChI is InChI=1S/C19H23N5O3/c1-12-20-18(27-21-12)19-10-23(16(25)13-5-6-13)8-14(19)9-24(11-19)17(26)15-4-3-7-22(15)2/h3-4,7,13-14H,5-6,8-11H2,1-2H3/t14-,19-/m1/s1. The van der Waals surface area contributed by atoms with Crippen LogP contribution >= 0.6 is 0 Å². The van der Waals surface area contributed by atoms with Crippen LogP contribution in [0.3, 0.4) is 0 Å². The van der Waals surface area contributed by atoms with Gasteiger partial charge in [0.2, 0.25) is 11.8 Å². The van der Waals surface area contributed by atoms with E-state index in [-0.39, 0.29) is 23.7 Å². The molecule has 8 heteroatoms. The summed E-state index contributed by atoms with van der Waals surface area (Å²) in [5, 5.41) is 3.97. The molecule has 2 aromatic rings. The molecule has 0 N–H and O–H groups in total. The summed E-state index contributed by atoms with van der Waals surface area (Å²) in [6.07, 6.45) is 3.85. The van der Waals surface area contributed by atoms with Gasteiger partial charge in [-0.1, -0.05) is 5.16 Å². The molecule has 4 heterocycles. The van der Waals surface area contributed by atoms with Crippen molar-refractivity contribution in [1.82, 2.24) is 24.5 Å². The topological polar surface area (TPSA) is 84.5 Å². The van der Waals surface area contributed by atoms with Crippen LogP contribution in [-0.2, 0) is 17.3 Å². The fraction of sp³-hybridized carbons (Fsp3) is 0.579. The van der Waals surface area contributed by atoms with Gasteiger partial charge >= 0.3 is 0 Å². The number of hydrogen-bond donors (Lipinski definition) is 0. The highest BCUT2D eigenvalue weighted by molar-refractivity contribution is 5.93. The minimum atomic E-state index is -0.466. The molecule has 3 aliphatic rings. The summed E-state index contributed by atoms with van der Waals surface area (Å²) >= 11 is 0. The smallest absolute Gasteiger partial charge is 0.270 e. The summed E-state index contributed by atoms with van der Waals surface area (Å²) in [7, 11) is 1.87. The molecule has 0 spiro atoms. The Hall–Kier alpha value is -2.64. The van der Waals surface area contributed by atoms with Gasteiger partial charge in [-0.05, 0) is 31.9 Å². The zero-order valence-corrected chi connectivity index (χ0v) is 15.6. The van der Waals surface area contributed by atoms with E-state index in [2.05, 4.69) is 10.1 Å². The predicted octanol–water partition coefficient (Wildman–Crippen LogP) is 0.979. The molecular weight excluding hydrogens is 346 g/mol. The van der Waals surface area contributed by atoms with Gasteiger partial charge in [0.1, 0.15) is 5.69 Å². The average Bonchev–Trinajstić information content (AvgIpc) is 2.94. The van der Waals surface area contributed by atoms with E-state index < -0.39 is 5.41 Å². The summed E-state index contributed by atoms with van der Waals surface area (Å²) < 4.78 is 7.39. The largest absolute Gasteiger partial charge is 0.347 e. The molecule has 2 amide bonds.